The second-order valence-electron chi connectivity index (χ2n) is 7.12. The lowest BCUT2D eigenvalue weighted by molar-refractivity contribution is 0.283. The van der Waals surface area contributed by atoms with Crippen molar-refractivity contribution in [3.63, 3.8) is 0 Å². The topological polar surface area (TPSA) is 107 Å². The molecule has 2 aromatic rings. The standard InChI is InChI=1S/C17H27N7O3/c1-22(2)10-8-18-9-11-27-16-19-13-14(20-21-16)24(12-6-4-5-7-12)17(26)23(3)15(13)25/h12,18H,4-11H2,1-3H3. The monoisotopic (exact) mass is 377 g/mol. The molecule has 10 nitrogen and oxygen atoms in total. The maximum Gasteiger partial charge on any atom is 0.336 e. The van der Waals surface area contributed by atoms with E-state index < -0.39 is 5.56 Å². The highest BCUT2D eigenvalue weighted by atomic mass is 16.5. The van der Waals surface area contributed by atoms with Crippen LogP contribution < -0.4 is 21.3 Å². The lowest BCUT2D eigenvalue weighted by Gasteiger charge is -2.16. The van der Waals surface area contributed by atoms with Crippen LogP contribution in [0.1, 0.15) is 31.7 Å². The van der Waals surface area contributed by atoms with Crippen LogP contribution in [0.15, 0.2) is 9.59 Å². The van der Waals surface area contributed by atoms with Crippen molar-refractivity contribution in [2.75, 3.05) is 40.3 Å². The number of likely N-dealkylation sites (N-methyl/N-ethyl adjacent to an activating group) is 1. The van der Waals surface area contributed by atoms with Crippen LogP contribution in [0.3, 0.4) is 0 Å². The SMILES string of the molecule is CN(C)CCNCCOc1nnc2c(n1)c(=O)n(C)c(=O)n2C1CCCC1. The number of hydrogen-bond donors (Lipinski definition) is 1. The van der Waals surface area contributed by atoms with Crippen molar-refractivity contribution in [2.24, 2.45) is 7.05 Å². The van der Waals surface area contributed by atoms with Gasteiger partial charge in [-0.15, -0.1) is 5.10 Å². The Morgan fingerprint density at radius 3 is 2.63 bits per heavy atom. The molecule has 2 aromatic heterocycles. The third-order valence-electron chi connectivity index (χ3n) is 4.81. The number of fused-ring (bicyclic) bond motifs is 1. The first-order valence-corrected chi connectivity index (χ1v) is 9.33. The van der Waals surface area contributed by atoms with Gasteiger partial charge in [-0.25, -0.2) is 4.79 Å². The molecule has 0 radical (unpaired) electrons. The fourth-order valence-electron chi connectivity index (χ4n) is 3.30. The van der Waals surface area contributed by atoms with Gasteiger partial charge in [0.2, 0.25) is 0 Å². The lowest BCUT2D eigenvalue weighted by atomic mass is 10.2. The minimum absolute atomic E-state index is 0.0376. The van der Waals surface area contributed by atoms with Crippen LogP contribution >= 0.6 is 0 Å². The average molecular weight is 377 g/mol. The van der Waals surface area contributed by atoms with E-state index >= 15 is 0 Å². The summed E-state index contributed by atoms with van der Waals surface area (Å²) in [4.78, 5) is 31.4. The van der Waals surface area contributed by atoms with Crippen LogP contribution in [0.5, 0.6) is 6.01 Å². The number of nitrogens with one attached hydrogen (secondary N) is 1. The minimum Gasteiger partial charge on any atom is -0.461 e. The van der Waals surface area contributed by atoms with E-state index in [1.165, 1.54) is 7.05 Å². The second kappa shape index (κ2) is 8.57. The van der Waals surface area contributed by atoms with Gasteiger partial charge in [-0.3, -0.25) is 13.9 Å². The summed E-state index contributed by atoms with van der Waals surface area (Å²) >= 11 is 0. The summed E-state index contributed by atoms with van der Waals surface area (Å²) in [7, 11) is 5.49. The quantitative estimate of drug-likeness (QED) is 0.616. The van der Waals surface area contributed by atoms with E-state index in [-0.39, 0.29) is 28.9 Å². The zero-order valence-electron chi connectivity index (χ0n) is 16.1. The molecule has 148 valence electrons. The van der Waals surface area contributed by atoms with E-state index in [0.717, 1.165) is 43.3 Å². The highest BCUT2D eigenvalue weighted by molar-refractivity contribution is 5.68. The molecule has 1 N–H and O–H groups in total. The van der Waals surface area contributed by atoms with Gasteiger partial charge in [-0.05, 0) is 26.9 Å². The fourth-order valence-corrected chi connectivity index (χ4v) is 3.30. The molecule has 27 heavy (non-hydrogen) atoms. The Labute approximate surface area is 157 Å². The number of aromatic nitrogens is 5. The molecule has 0 amide bonds. The van der Waals surface area contributed by atoms with Gasteiger partial charge in [0.05, 0.1) is 0 Å². The summed E-state index contributed by atoms with van der Waals surface area (Å²) in [5, 5.41) is 11.3. The predicted octanol–water partition coefficient (Wildman–Crippen LogP) is -0.470. The van der Waals surface area contributed by atoms with Crippen LogP contribution in [0.2, 0.25) is 0 Å². The smallest absolute Gasteiger partial charge is 0.336 e. The molecule has 1 fully saturated rings. The third kappa shape index (κ3) is 4.33. The first kappa shape index (κ1) is 19.4. The molecule has 0 bridgehead atoms. The van der Waals surface area contributed by atoms with Crippen molar-refractivity contribution < 1.29 is 4.74 Å². The van der Waals surface area contributed by atoms with Crippen LogP contribution in [-0.4, -0.2) is 69.6 Å². The van der Waals surface area contributed by atoms with Crippen LogP contribution in [-0.2, 0) is 7.05 Å². The Morgan fingerprint density at radius 1 is 1.19 bits per heavy atom. The molecule has 0 aromatic carbocycles. The van der Waals surface area contributed by atoms with Crippen molar-refractivity contribution in [1.82, 2.24) is 34.5 Å². The number of hydrogen-bond acceptors (Lipinski definition) is 8. The van der Waals surface area contributed by atoms with Crippen LogP contribution in [0, 0.1) is 0 Å². The van der Waals surface area contributed by atoms with Gasteiger partial charge < -0.3 is 15.0 Å². The molecule has 3 rings (SSSR count). The highest BCUT2D eigenvalue weighted by Gasteiger charge is 2.24. The van der Waals surface area contributed by atoms with E-state index in [9.17, 15) is 9.59 Å². The number of rotatable bonds is 8. The van der Waals surface area contributed by atoms with Gasteiger partial charge in [0.25, 0.3) is 5.56 Å². The summed E-state index contributed by atoms with van der Waals surface area (Å²) in [5.41, 5.74) is -0.483. The Bertz CT molecular complexity index is 900. The fraction of sp³-hybridized carbons (Fsp3) is 0.706. The van der Waals surface area contributed by atoms with E-state index in [1.807, 2.05) is 14.1 Å². The van der Waals surface area contributed by atoms with E-state index in [0.29, 0.717) is 13.2 Å². The van der Waals surface area contributed by atoms with Crippen LogP contribution in [0.25, 0.3) is 11.2 Å². The summed E-state index contributed by atoms with van der Waals surface area (Å²) in [5.74, 6) is 0. The molecule has 1 aliphatic carbocycles. The molecular weight excluding hydrogens is 350 g/mol. The zero-order valence-corrected chi connectivity index (χ0v) is 16.1. The molecule has 0 saturated heterocycles. The molecule has 2 heterocycles. The molecule has 0 spiro atoms. The maximum atomic E-state index is 12.6. The predicted molar refractivity (Wildman–Crippen MR) is 101 cm³/mol. The largest absolute Gasteiger partial charge is 0.461 e. The highest BCUT2D eigenvalue weighted by Crippen LogP contribution is 2.29. The first-order chi connectivity index (χ1) is 13.0. The zero-order chi connectivity index (χ0) is 19.4. The third-order valence-corrected chi connectivity index (χ3v) is 4.81. The van der Waals surface area contributed by atoms with Gasteiger partial charge in [0, 0.05) is 32.7 Å². The Hall–Kier alpha value is -2.33. The first-order valence-electron chi connectivity index (χ1n) is 9.33. The number of nitrogens with zero attached hydrogens (tertiary/aromatic N) is 6. The molecule has 0 atom stereocenters. The molecule has 1 saturated carbocycles. The summed E-state index contributed by atoms with van der Waals surface area (Å²) < 4.78 is 8.17. The lowest BCUT2D eigenvalue weighted by Crippen LogP contribution is -2.40. The van der Waals surface area contributed by atoms with Crippen molar-refractivity contribution >= 4 is 11.2 Å². The van der Waals surface area contributed by atoms with Gasteiger partial charge >= 0.3 is 11.7 Å². The van der Waals surface area contributed by atoms with Crippen molar-refractivity contribution in [2.45, 2.75) is 31.7 Å². The van der Waals surface area contributed by atoms with Gasteiger partial charge in [0.1, 0.15) is 6.61 Å². The summed E-state index contributed by atoms with van der Waals surface area (Å²) in [6.07, 6.45) is 3.91. The van der Waals surface area contributed by atoms with Crippen molar-refractivity contribution in [3.05, 3.63) is 20.8 Å². The normalized spacial score (nSPS) is 15.1. The second-order valence-corrected chi connectivity index (χ2v) is 7.12. The molecular formula is C17H27N7O3. The van der Waals surface area contributed by atoms with Crippen molar-refractivity contribution in [1.29, 1.82) is 0 Å². The Morgan fingerprint density at radius 2 is 1.93 bits per heavy atom. The minimum atomic E-state index is -0.479. The van der Waals surface area contributed by atoms with Crippen LogP contribution in [0.4, 0.5) is 0 Å². The summed E-state index contributed by atoms with van der Waals surface area (Å²) in [6.45, 7) is 2.78. The van der Waals surface area contributed by atoms with Gasteiger partial charge in [-0.2, -0.15) is 4.98 Å². The van der Waals surface area contributed by atoms with Crippen molar-refractivity contribution in [3.8, 4) is 6.01 Å². The van der Waals surface area contributed by atoms with Gasteiger partial charge in [0.15, 0.2) is 11.2 Å². The Balaban J connectivity index is 1.79. The molecule has 1 aliphatic rings. The Kier molecular flexibility index (Phi) is 6.17. The van der Waals surface area contributed by atoms with E-state index in [1.54, 1.807) is 4.57 Å². The maximum absolute atomic E-state index is 12.6. The van der Waals surface area contributed by atoms with E-state index in [2.05, 4.69) is 25.4 Å². The number of ether oxygens (including phenoxy) is 1. The molecule has 0 unspecified atom stereocenters. The average Bonchev–Trinajstić information content (AvgIpc) is 3.17. The summed E-state index contributed by atoms with van der Waals surface area (Å²) in [6, 6.07) is 0.0844. The molecule has 10 heteroatoms. The van der Waals surface area contributed by atoms with Gasteiger partial charge in [-0.1, -0.05) is 17.9 Å². The van der Waals surface area contributed by atoms with E-state index in [4.69, 9.17) is 4.74 Å². The molecule has 0 aliphatic heterocycles.